The van der Waals surface area contributed by atoms with Gasteiger partial charge in [-0.25, -0.2) is 13.4 Å². The van der Waals surface area contributed by atoms with Crippen molar-refractivity contribution in [1.29, 1.82) is 0 Å². The Hall–Kier alpha value is -2.37. The highest BCUT2D eigenvalue weighted by atomic mass is 79.9. The number of hydrogen-bond donors (Lipinski definition) is 3. The van der Waals surface area contributed by atoms with Gasteiger partial charge >= 0.3 is 0 Å². The van der Waals surface area contributed by atoms with Crippen LogP contribution in [0.1, 0.15) is 26.7 Å². The average Bonchev–Trinajstić information content (AvgIpc) is 3.30. The lowest BCUT2D eigenvalue weighted by Gasteiger charge is -2.12. The van der Waals surface area contributed by atoms with Gasteiger partial charge in [-0.05, 0) is 60.6 Å². The van der Waals surface area contributed by atoms with E-state index in [4.69, 9.17) is 5.11 Å². The third kappa shape index (κ3) is 9.08. The van der Waals surface area contributed by atoms with Crippen molar-refractivity contribution < 1.29 is 22.8 Å². The van der Waals surface area contributed by atoms with Gasteiger partial charge in [0.05, 0.1) is 36.6 Å². The molecule has 0 radical (unpaired) electrons. The third-order valence-corrected chi connectivity index (χ3v) is 10.4. The number of hydrogen-bond acceptors (Lipinski definition) is 8. The molecule has 0 amide bonds. The fourth-order valence-electron chi connectivity index (χ4n) is 3.35. The summed E-state index contributed by atoms with van der Waals surface area (Å²) in [5, 5.41) is 24.9. The molecule has 9 nitrogen and oxygen atoms in total. The van der Waals surface area contributed by atoms with Gasteiger partial charge in [-0.2, -0.15) is 9.61 Å². The molecule has 0 fully saturated rings. The molecule has 0 spiro atoms. The molecule has 0 saturated heterocycles. The number of anilines is 1. The van der Waals surface area contributed by atoms with Gasteiger partial charge in [0.2, 0.25) is 0 Å². The molecule has 3 N–H and O–H groups in total. The molecule has 2 aromatic heterocycles. The Kier molecular flexibility index (Phi) is 13.5. The van der Waals surface area contributed by atoms with E-state index >= 15 is 0 Å². The number of aromatic hydroxyl groups is 1. The fourth-order valence-corrected chi connectivity index (χ4v) is 8.46. The molecule has 212 valence electrons. The largest absolute Gasteiger partial charge is 0.507 e. The molecule has 2 unspecified atom stereocenters. The van der Waals surface area contributed by atoms with E-state index in [2.05, 4.69) is 45.2 Å². The van der Waals surface area contributed by atoms with Crippen molar-refractivity contribution in [2.75, 3.05) is 31.4 Å². The number of aliphatic hydroxyl groups excluding tert-OH is 1. The van der Waals surface area contributed by atoms with E-state index in [-0.39, 0.29) is 18.4 Å². The Morgan fingerprint density at radius 1 is 1.10 bits per heavy atom. The molecule has 0 aliphatic heterocycles. The van der Waals surface area contributed by atoms with Crippen molar-refractivity contribution in [2.24, 2.45) is 0 Å². The Labute approximate surface area is 242 Å². The van der Waals surface area contributed by atoms with E-state index in [1.165, 1.54) is 12.5 Å². The summed E-state index contributed by atoms with van der Waals surface area (Å²) in [6, 6.07) is 15.3. The summed E-state index contributed by atoms with van der Waals surface area (Å²) in [6.45, 7) is 4.84. The predicted molar refractivity (Wildman–Crippen MR) is 164 cm³/mol. The molecule has 2 heterocycles. The number of para-hydroxylation sites is 1. The maximum absolute atomic E-state index is 12.7. The number of phenolic OH excluding ortho intramolecular Hbond substituents is 1. The topological polar surface area (TPSA) is 134 Å². The molecule has 0 aliphatic carbocycles. The van der Waals surface area contributed by atoms with Crippen molar-refractivity contribution in [3.8, 4) is 17.0 Å². The van der Waals surface area contributed by atoms with Crippen LogP contribution in [0.5, 0.6) is 5.75 Å². The number of fused-ring (bicyclic) bond motifs is 1. The van der Waals surface area contributed by atoms with E-state index in [1.807, 2.05) is 12.1 Å². The first-order valence-corrected chi connectivity index (χ1v) is 17.9. The van der Waals surface area contributed by atoms with Gasteiger partial charge in [-0.15, -0.1) is 0 Å². The van der Waals surface area contributed by atoms with Crippen LogP contribution >= 0.6 is 23.7 Å². The summed E-state index contributed by atoms with van der Waals surface area (Å²) in [4.78, 5) is 5.11. The van der Waals surface area contributed by atoms with Crippen LogP contribution in [-0.2, 0) is 20.3 Å². The average molecular weight is 658 g/mol. The lowest BCUT2D eigenvalue weighted by molar-refractivity contribution is 0.399. The minimum Gasteiger partial charge on any atom is -0.507 e. The van der Waals surface area contributed by atoms with Crippen molar-refractivity contribution in [3.63, 3.8) is 0 Å². The van der Waals surface area contributed by atoms with Gasteiger partial charge in [0.1, 0.15) is 11.6 Å². The molecule has 4 aromatic rings. The van der Waals surface area contributed by atoms with Gasteiger partial charge in [-0.3, -0.25) is 4.21 Å². The second kappa shape index (κ2) is 16.0. The van der Waals surface area contributed by atoms with E-state index < -0.39 is 20.3 Å². The Morgan fingerprint density at radius 3 is 2.41 bits per heavy atom. The molecule has 0 bridgehead atoms. The summed E-state index contributed by atoms with van der Waals surface area (Å²) in [6.07, 6.45) is 5.43. The number of benzene rings is 2. The second-order valence-electron chi connectivity index (χ2n) is 8.14. The Balaban J connectivity index is 0.000000998. The maximum Gasteiger partial charge on any atom is 0.176 e. The summed E-state index contributed by atoms with van der Waals surface area (Å²) in [7, 11) is -3.74. The van der Waals surface area contributed by atoms with Crippen LogP contribution in [0.3, 0.4) is 0 Å². The summed E-state index contributed by atoms with van der Waals surface area (Å²) >= 11 is 3.47. The summed E-state index contributed by atoms with van der Waals surface area (Å²) in [5.74, 6) is 0.847. The predicted octanol–water partition coefficient (Wildman–Crippen LogP) is 5.50. The molecule has 4 rings (SSSR count). The van der Waals surface area contributed by atoms with E-state index in [1.54, 1.807) is 47.1 Å². The zero-order valence-electron chi connectivity index (χ0n) is 22.3. The van der Waals surface area contributed by atoms with Crippen LogP contribution in [0, 0.1) is 0 Å². The van der Waals surface area contributed by atoms with Crippen molar-refractivity contribution >= 4 is 55.4 Å². The zero-order valence-corrected chi connectivity index (χ0v) is 26.5. The van der Waals surface area contributed by atoms with Crippen LogP contribution in [0.4, 0.5) is 5.82 Å². The van der Waals surface area contributed by atoms with Gasteiger partial charge in [0.25, 0.3) is 0 Å². The highest BCUT2D eigenvalue weighted by Gasteiger charge is 2.17. The monoisotopic (exact) mass is 656 g/mol. The van der Waals surface area contributed by atoms with Crippen molar-refractivity contribution in [2.45, 2.75) is 36.5 Å². The number of halogens is 1. The standard InChI is InChI=1S/C22H22BrN4O4PS2.C3H8.CH4O/c1-34(30,31)20-10-5-4-9-19(20)33(29)32-12-6-11-24-21-13-17(15-7-2-3-8-18(15)28)26-22-16(23)14-25-27(21)22;1-3-2;1-2/h2-5,7-10,13-14,24,28,32H,6,11-12H2,1H3;3H2,1-2H3;2H,1H3. The first kappa shape index (κ1) is 32.8. The van der Waals surface area contributed by atoms with Crippen LogP contribution in [0.15, 0.2) is 75.1 Å². The minimum absolute atomic E-state index is 0.0777. The number of phenols is 1. The molecular weight excluding hydrogens is 623 g/mol. The fraction of sp³-hybridized carbons (Fsp3) is 0.308. The first-order valence-electron chi connectivity index (χ1n) is 12.1. The number of nitrogens with one attached hydrogen (secondary N) is 1. The lowest BCUT2D eigenvalue weighted by atomic mass is 10.1. The maximum atomic E-state index is 12.7. The Bertz CT molecular complexity index is 1500. The molecule has 0 saturated carbocycles. The molecule has 13 heteroatoms. The van der Waals surface area contributed by atoms with E-state index in [0.29, 0.717) is 40.3 Å². The molecular formula is C26H34BrN4O5PS2. The number of rotatable bonds is 9. The molecule has 0 aliphatic rings. The Morgan fingerprint density at radius 2 is 1.74 bits per heavy atom. The molecule has 2 aromatic carbocycles. The lowest BCUT2D eigenvalue weighted by Crippen LogP contribution is -2.09. The van der Waals surface area contributed by atoms with E-state index in [9.17, 15) is 17.7 Å². The highest BCUT2D eigenvalue weighted by molar-refractivity contribution is 9.10. The minimum atomic E-state index is -3.44. The van der Waals surface area contributed by atoms with Gasteiger partial charge < -0.3 is 15.5 Å². The highest BCUT2D eigenvalue weighted by Crippen LogP contribution is 2.32. The number of aromatic nitrogens is 3. The number of aliphatic hydroxyl groups is 1. The van der Waals surface area contributed by atoms with Crippen molar-refractivity contribution in [1.82, 2.24) is 14.6 Å². The van der Waals surface area contributed by atoms with Crippen LogP contribution in [-0.4, -0.2) is 63.5 Å². The van der Waals surface area contributed by atoms with E-state index in [0.717, 1.165) is 24.3 Å². The first-order chi connectivity index (χ1) is 18.7. The van der Waals surface area contributed by atoms with Crippen LogP contribution in [0.25, 0.3) is 16.9 Å². The SMILES string of the molecule is CCC.CO.CS(=O)(=O)c1ccccc1S(=O)PCCCNc1cc(-c2ccccc2O)nc2c(Br)cnn12. The summed E-state index contributed by atoms with van der Waals surface area (Å²) in [5.41, 5.74) is 1.83. The number of nitrogens with zero attached hydrogens (tertiary/aromatic N) is 3. The second-order valence-corrected chi connectivity index (χ2v) is 14.7. The third-order valence-electron chi connectivity index (χ3n) is 4.95. The molecule has 2 atom stereocenters. The normalized spacial score (nSPS) is 11.9. The smallest absolute Gasteiger partial charge is 0.176 e. The van der Waals surface area contributed by atoms with Gasteiger partial charge in [0, 0.05) is 31.5 Å². The summed E-state index contributed by atoms with van der Waals surface area (Å²) < 4.78 is 39.1. The molecule has 39 heavy (non-hydrogen) atoms. The zero-order chi connectivity index (χ0) is 29.0. The van der Waals surface area contributed by atoms with Crippen LogP contribution < -0.4 is 5.32 Å². The van der Waals surface area contributed by atoms with Gasteiger partial charge in [-0.1, -0.05) is 44.5 Å². The quantitative estimate of drug-likeness (QED) is 0.159. The van der Waals surface area contributed by atoms with Gasteiger partial charge in [0.15, 0.2) is 15.5 Å². The van der Waals surface area contributed by atoms with Crippen LogP contribution in [0.2, 0.25) is 0 Å². The van der Waals surface area contributed by atoms with Crippen molar-refractivity contribution in [3.05, 3.63) is 65.3 Å². The number of sulfone groups is 1.